The van der Waals surface area contributed by atoms with Gasteiger partial charge in [0.15, 0.2) is 0 Å². The molecular formula is C16H25N5. The van der Waals surface area contributed by atoms with Gasteiger partial charge in [-0.15, -0.1) is 0 Å². The summed E-state index contributed by atoms with van der Waals surface area (Å²) in [7, 11) is 1.95. The van der Waals surface area contributed by atoms with Gasteiger partial charge in [0, 0.05) is 37.2 Å². The molecule has 5 heteroatoms. The fraction of sp³-hybridized carbons (Fsp3) is 0.750. The van der Waals surface area contributed by atoms with E-state index in [9.17, 15) is 0 Å². The minimum absolute atomic E-state index is 0.554. The van der Waals surface area contributed by atoms with E-state index in [0.29, 0.717) is 18.0 Å². The quantitative estimate of drug-likeness (QED) is 0.890. The van der Waals surface area contributed by atoms with Crippen LogP contribution in [0.1, 0.15) is 49.4 Å². The predicted octanol–water partition coefficient (Wildman–Crippen LogP) is 2.35. The molecule has 3 fully saturated rings. The summed E-state index contributed by atoms with van der Waals surface area (Å²) in [6.45, 7) is 4.63. The van der Waals surface area contributed by atoms with Crippen LogP contribution in [-0.4, -0.2) is 47.1 Å². The Labute approximate surface area is 126 Å². The summed E-state index contributed by atoms with van der Waals surface area (Å²) in [5.41, 5.74) is 1.15. The van der Waals surface area contributed by atoms with Crippen LogP contribution in [-0.2, 0) is 0 Å². The van der Waals surface area contributed by atoms with Gasteiger partial charge in [0.1, 0.15) is 17.5 Å². The molecule has 0 amide bonds. The van der Waals surface area contributed by atoms with Crippen molar-refractivity contribution in [2.45, 2.75) is 57.0 Å². The van der Waals surface area contributed by atoms with E-state index in [-0.39, 0.29) is 0 Å². The van der Waals surface area contributed by atoms with Crippen LogP contribution >= 0.6 is 0 Å². The number of aromatic nitrogens is 2. The number of nitrogens with one attached hydrogen (secondary N) is 2. The van der Waals surface area contributed by atoms with Crippen LogP contribution in [0.25, 0.3) is 0 Å². The van der Waals surface area contributed by atoms with Gasteiger partial charge in [-0.05, 0) is 45.6 Å². The Balaban J connectivity index is 1.60. The molecule has 114 valence electrons. The SMILES string of the molecule is CNc1nc(C2CC2)nc(NC2CCN3CCCC23)c1C. The zero-order chi connectivity index (χ0) is 14.4. The molecule has 2 unspecified atom stereocenters. The van der Waals surface area contributed by atoms with Crippen LogP contribution in [0.3, 0.4) is 0 Å². The molecule has 21 heavy (non-hydrogen) atoms. The molecule has 5 nitrogen and oxygen atoms in total. The number of hydrogen-bond acceptors (Lipinski definition) is 5. The normalized spacial score (nSPS) is 28.7. The summed E-state index contributed by atoms with van der Waals surface area (Å²) in [6.07, 6.45) is 6.40. The molecule has 1 aliphatic carbocycles. The highest BCUT2D eigenvalue weighted by Crippen LogP contribution is 2.40. The summed E-state index contributed by atoms with van der Waals surface area (Å²) < 4.78 is 0. The van der Waals surface area contributed by atoms with Crippen molar-refractivity contribution in [1.82, 2.24) is 14.9 Å². The first kappa shape index (κ1) is 13.3. The van der Waals surface area contributed by atoms with Gasteiger partial charge in [0.05, 0.1) is 0 Å². The van der Waals surface area contributed by atoms with Crippen LogP contribution in [0, 0.1) is 6.92 Å². The monoisotopic (exact) mass is 287 g/mol. The fourth-order valence-electron chi connectivity index (χ4n) is 3.87. The highest BCUT2D eigenvalue weighted by Gasteiger charge is 2.37. The van der Waals surface area contributed by atoms with E-state index in [1.54, 1.807) is 0 Å². The molecule has 2 N–H and O–H groups in total. The lowest BCUT2D eigenvalue weighted by Gasteiger charge is -2.23. The summed E-state index contributed by atoms with van der Waals surface area (Å²) >= 11 is 0. The summed E-state index contributed by atoms with van der Waals surface area (Å²) in [5, 5.41) is 6.97. The Kier molecular flexibility index (Phi) is 3.25. The molecule has 2 aliphatic heterocycles. The first-order valence-corrected chi connectivity index (χ1v) is 8.33. The van der Waals surface area contributed by atoms with Crippen molar-refractivity contribution in [3.8, 4) is 0 Å². The molecule has 4 rings (SSSR count). The Morgan fingerprint density at radius 2 is 1.86 bits per heavy atom. The molecule has 3 heterocycles. The van der Waals surface area contributed by atoms with Gasteiger partial charge in [0.25, 0.3) is 0 Å². The Hall–Kier alpha value is -1.36. The van der Waals surface area contributed by atoms with E-state index in [1.807, 2.05) is 7.05 Å². The van der Waals surface area contributed by atoms with Gasteiger partial charge in [-0.2, -0.15) is 0 Å². The Morgan fingerprint density at radius 1 is 1.05 bits per heavy atom. The van der Waals surface area contributed by atoms with E-state index in [2.05, 4.69) is 27.4 Å². The minimum atomic E-state index is 0.554. The lowest BCUT2D eigenvalue weighted by atomic mass is 10.1. The lowest BCUT2D eigenvalue weighted by Crippen LogP contribution is -2.34. The third-order valence-corrected chi connectivity index (χ3v) is 5.27. The molecule has 3 aliphatic rings. The van der Waals surface area contributed by atoms with Crippen molar-refractivity contribution in [3.05, 3.63) is 11.4 Å². The van der Waals surface area contributed by atoms with Gasteiger partial charge < -0.3 is 10.6 Å². The Morgan fingerprint density at radius 3 is 2.62 bits per heavy atom. The van der Waals surface area contributed by atoms with E-state index in [1.165, 1.54) is 45.2 Å². The molecule has 0 aromatic carbocycles. The molecule has 1 aromatic rings. The maximum absolute atomic E-state index is 4.84. The number of nitrogens with zero attached hydrogens (tertiary/aromatic N) is 3. The average molecular weight is 287 g/mol. The fourth-order valence-corrected chi connectivity index (χ4v) is 3.87. The van der Waals surface area contributed by atoms with Gasteiger partial charge in [-0.25, -0.2) is 9.97 Å². The van der Waals surface area contributed by atoms with Crippen molar-refractivity contribution < 1.29 is 0 Å². The molecule has 1 aromatic heterocycles. The summed E-state index contributed by atoms with van der Waals surface area (Å²) in [5.74, 6) is 3.64. The third kappa shape index (κ3) is 2.37. The molecule has 1 saturated carbocycles. The van der Waals surface area contributed by atoms with Crippen LogP contribution in [0.4, 0.5) is 11.6 Å². The molecule has 0 spiro atoms. The van der Waals surface area contributed by atoms with Gasteiger partial charge in [-0.3, -0.25) is 4.90 Å². The van der Waals surface area contributed by atoms with E-state index < -0.39 is 0 Å². The van der Waals surface area contributed by atoms with Crippen molar-refractivity contribution in [2.24, 2.45) is 0 Å². The molecule has 0 radical (unpaired) electrons. The first-order valence-electron chi connectivity index (χ1n) is 8.33. The van der Waals surface area contributed by atoms with Crippen LogP contribution in [0.15, 0.2) is 0 Å². The van der Waals surface area contributed by atoms with E-state index in [4.69, 9.17) is 4.98 Å². The average Bonchev–Trinajstić information content (AvgIpc) is 3.11. The molecule has 2 atom stereocenters. The van der Waals surface area contributed by atoms with Crippen molar-refractivity contribution in [1.29, 1.82) is 0 Å². The van der Waals surface area contributed by atoms with Crippen LogP contribution < -0.4 is 10.6 Å². The first-order chi connectivity index (χ1) is 10.3. The predicted molar refractivity (Wildman–Crippen MR) is 84.9 cm³/mol. The number of fused-ring (bicyclic) bond motifs is 1. The largest absolute Gasteiger partial charge is 0.373 e. The summed E-state index contributed by atoms with van der Waals surface area (Å²) in [4.78, 5) is 12.2. The molecular weight excluding hydrogens is 262 g/mol. The number of anilines is 2. The van der Waals surface area contributed by atoms with Gasteiger partial charge in [-0.1, -0.05) is 0 Å². The second-order valence-corrected chi connectivity index (χ2v) is 6.71. The maximum Gasteiger partial charge on any atom is 0.136 e. The maximum atomic E-state index is 4.84. The minimum Gasteiger partial charge on any atom is -0.373 e. The van der Waals surface area contributed by atoms with Crippen LogP contribution in [0.5, 0.6) is 0 Å². The second kappa shape index (κ2) is 5.13. The van der Waals surface area contributed by atoms with E-state index >= 15 is 0 Å². The zero-order valence-corrected chi connectivity index (χ0v) is 13.0. The standard InChI is InChI=1S/C16H25N5/c1-10-14(17-2)19-16(11-5-6-11)20-15(10)18-12-7-9-21-8-3-4-13(12)21/h11-13H,3-9H2,1-2H3,(H2,17,18,19,20). The second-order valence-electron chi connectivity index (χ2n) is 6.71. The van der Waals surface area contributed by atoms with Crippen molar-refractivity contribution in [3.63, 3.8) is 0 Å². The summed E-state index contributed by atoms with van der Waals surface area (Å²) in [6, 6.07) is 1.26. The Bertz CT molecular complexity index is 540. The van der Waals surface area contributed by atoms with Crippen molar-refractivity contribution in [2.75, 3.05) is 30.8 Å². The van der Waals surface area contributed by atoms with Crippen LogP contribution in [0.2, 0.25) is 0 Å². The van der Waals surface area contributed by atoms with Gasteiger partial charge >= 0.3 is 0 Å². The number of rotatable bonds is 4. The topological polar surface area (TPSA) is 53.1 Å². The van der Waals surface area contributed by atoms with E-state index in [0.717, 1.165) is 23.0 Å². The van der Waals surface area contributed by atoms with Gasteiger partial charge in [0.2, 0.25) is 0 Å². The highest BCUT2D eigenvalue weighted by molar-refractivity contribution is 5.58. The van der Waals surface area contributed by atoms with Crippen molar-refractivity contribution >= 4 is 11.6 Å². The molecule has 2 saturated heterocycles. The highest BCUT2D eigenvalue weighted by atomic mass is 15.2. The zero-order valence-electron chi connectivity index (χ0n) is 13.0. The number of hydrogen-bond donors (Lipinski definition) is 2. The smallest absolute Gasteiger partial charge is 0.136 e. The third-order valence-electron chi connectivity index (χ3n) is 5.27. The lowest BCUT2D eigenvalue weighted by molar-refractivity contribution is 0.318. The molecule has 0 bridgehead atoms.